The van der Waals surface area contributed by atoms with E-state index in [9.17, 15) is 0 Å². The minimum Gasteiger partial charge on any atom is -0.274 e. The van der Waals surface area contributed by atoms with Crippen LogP contribution in [0, 0.1) is 27.7 Å². The molecule has 0 aliphatic rings. The van der Waals surface area contributed by atoms with Gasteiger partial charge in [-0.05, 0) is 67.5 Å². The van der Waals surface area contributed by atoms with E-state index in [1.54, 1.807) is 11.8 Å². The van der Waals surface area contributed by atoms with E-state index in [2.05, 4.69) is 92.7 Å². The second-order valence-corrected chi connectivity index (χ2v) is 9.27. The fourth-order valence-electron chi connectivity index (χ4n) is 3.22. The quantitative estimate of drug-likeness (QED) is 0.514. The van der Waals surface area contributed by atoms with Gasteiger partial charge in [-0.3, -0.25) is 4.57 Å². The summed E-state index contributed by atoms with van der Waals surface area (Å²) in [5, 5.41) is 9.67. The van der Waals surface area contributed by atoms with Crippen molar-refractivity contribution in [2.24, 2.45) is 0 Å². The molecule has 2 aromatic carbocycles. The number of aromatic nitrogens is 3. The summed E-state index contributed by atoms with van der Waals surface area (Å²) in [7, 11) is 0. The molecule has 0 amide bonds. The lowest BCUT2D eigenvalue weighted by atomic mass is 9.84. The summed E-state index contributed by atoms with van der Waals surface area (Å²) in [6, 6.07) is 13.2. The van der Waals surface area contributed by atoms with Gasteiger partial charge >= 0.3 is 0 Å². The molecule has 0 bridgehead atoms. The van der Waals surface area contributed by atoms with E-state index >= 15 is 0 Å². The molecule has 1 heterocycles. The van der Waals surface area contributed by atoms with Crippen molar-refractivity contribution in [1.29, 1.82) is 0 Å². The minimum atomic E-state index is 0.171. The number of hydrogen-bond donors (Lipinski definition) is 0. The van der Waals surface area contributed by atoms with Gasteiger partial charge in [-0.1, -0.05) is 62.4 Å². The van der Waals surface area contributed by atoms with Crippen LogP contribution in [0.25, 0.3) is 5.69 Å². The zero-order chi connectivity index (χ0) is 19.8. The number of aryl methyl sites for hydroxylation is 4. The maximum Gasteiger partial charge on any atom is 0.196 e. The van der Waals surface area contributed by atoms with Gasteiger partial charge in [0.05, 0.1) is 0 Å². The molecule has 27 heavy (non-hydrogen) atoms. The molecular weight excluding hydrogens is 350 g/mol. The van der Waals surface area contributed by atoms with Crippen molar-refractivity contribution in [3.05, 3.63) is 70.0 Å². The van der Waals surface area contributed by atoms with Crippen LogP contribution in [0.3, 0.4) is 0 Å². The third kappa shape index (κ3) is 4.27. The Morgan fingerprint density at radius 3 is 2.04 bits per heavy atom. The first kappa shape index (κ1) is 19.7. The highest BCUT2D eigenvalue weighted by Crippen LogP contribution is 2.31. The Balaban J connectivity index is 1.87. The van der Waals surface area contributed by atoms with Crippen molar-refractivity contribution in [2.75, 3.05) is 0 Å². The van der Waals surface area contributed by atoms with E-state index in [1.807, 2.05) is 6.92 Å². The second kappa shape index (κ2) is 7.51. The predicted molar refractivity (Wildman–Crippen MR) is 115 cm³/mol. The van der Waals surface area contributed by atoms with Crippen LogP contribution in [0.1, 0.15) is 54.4 Å². The first-order valence-corrected chi connectivity index (χ1v) is 10.4. The Morgan fingerprint density at radius 1 is 0.889 bits per heavy atom. The van der Waals surface area contributed by atoms with Gasteiger partial charge in [0.15, 0.2) is 5.16 Å². The standard InChI is InChI=1S/C23H29N3S/c1-15-8-10-20(11-9-15)26-18(4)24-25-22(26)27-14-21-16(2)12-19(13-17(21)3)23(5,6)7/h8-13H,14H2,1-7H3. The van der Waals surface area contributed by atoms with Gasteiger partial charge in [-0.15, -0.1) is 10.2 Å². The normalized spacial score (nSPS) is 11.8. The lowest BCUT2D eigenvalue weighted by molar-refractivity contribution is 0.589. The van der Waals surface area contributed by atoms with E-state index in [4.69, 9.17) is 0 Å². The summed E-state index contributed by atoms with van der Waals surface area (Å²) in [4.78, 5) is 0. The highest BCUT2D eigenvalue weighted by atomic mass is 32.2. The van der Waals surface area contributed by atoms with Crippen LogP contribution in [0.15, 0.2) is 41.6 Å². The lowest BCUT2D eigenvalue weighted by Crippen LogP contribution is -2.12. The topological polar surface area (TPSA) is 30.7 Å². The number of nitrogens with zero attached hydrogens (tertiary/aromatic N) is 3. The molecule has 0 N–H and O–H groups in total. The van der Waals surface area contributed by atoms with Crippen LogP contribution in [0.4, 0.5) is 0 Å². The Labute approximate surface area is 167 Å². The largest absolute Gasteiger partial charge is 0.274 e. The molecule has 4 heteroatoms. The Morgan fingerprint density at radius 2 is 1.48 bits per heavy atom. The lowest BCUT2D eigenvalue weighted by Gasteiger charge is -2.22. The first-order valence-electron chi connectivity index (χ1n) is 9.39. The third-order valence-corrected chi connectivity index (χ3v) is 5.95. The molecule has 0 saturated carbocycles. The van der Waals surface area contributed by atoms with Gasteiger partial charge < -0.3 is 0 Å². The number of thioether (sulfide) groups is 1. The molecule has 142 valence electrons. The predicted octanol–water partition coefficient (Wildman–Crippen LogP) is 6.09. The van der Waals surface area contributed by atoms with E-state index < -0.39 is 0 Å². The molecule has 3 nitrogen and oxygen atoms in total. The second-order valence-electron chi connectivity index (χ2n) is 8.33. The average molecular weight is 380 g/mol. The zero-order valence-electron chi connectivity index (χ0n) is 17.4. The average Bonchev–Trinajstić information content (AvgIpc) is 2.95. The third-order valence-electron chi connectivity index (χ3n) is 4.99. The molecule has 3 aromatic rings. The first-order chi connectivity index (χ1) is 12.7. The SMILES string of the molecule is Cc1ccc(-n2c(C)nnc2SCc2c(C)cc(C(C)(C)C)cc2C)cc1. The Bertz CT molecular complexity index is 924. The highest BCUT2D eigenvalue weighted by molar-refractivity contribution is 7.98. The van der Waals surface area contributed by atoms with E-state index in [0.717, 1.165) is 22.4 Å². The molecule has 0 saturated heterocycles. The molecule has 1 aromatic heterocycles. The minimum absolute atomic E-state index is 0.171. The fraction of sp³-hybridized carbons (Fsp3) is 0.391. The van der Waals surface area contributed by atoms with Crippen LogP contribution >= 0.6 is 11.8 Å². The van der Waals surface area contributed by atoms with Crippen molar-refractivity contribution in [2.45, 2.75) is 64.8 Å². The van der Waals surface area contributed by atoms with Crippen LogP contribution in [0.5, 0.6) is 0 Å². The van der Waals surface area contributed by atoms with Crippen molar-refractivity contribution in [1.82, 2.24) is 14.8 Å². The van der Waals surface area contributed by atoms with Crippen molar-refractivity contribution in [3.63, 3.8) is 0 Å². The molecule has 0 radical (unpaired) electrons. The molecular formula is C23H29N3S. The molecule has 0 unspecified atom stereocenters. The van der Waals surface area contributed by atoms with Gasteiger partial charge in [0.2, 0.25) is 0 Å². The Kier molecular flexibility index (Phi) is 5.48. The van der Waals surface area contributed by atoms with Gasteiger partial charge in [-0.2, -0.15) is 0 Å². The maximum absolute atomic E-state index is 4.42. The summed E-state index contributed by atoms with van der Waals surface area (Å²) in [5.41, 5.74) is 8.03. The Hall–Kier alpha value is -2.07. The van der Waals surface area contributed by atoms with Crippen molar-refractivity contribution >= 4 is 11.8 Å². The van der Waals surface area contributed by atoms with Crippen LogP contribution in [-0.2, 0) is 11.2 Å². The summed E-state index contributed by atoms with van der Waals surface area (Å²) in [6.45, 7) is 15.3. The molecule has 0 atom stereocenters. The highest BCUT2D eigenvalue weighted by Gasteiger charge is 2.17. The van der Waals surface area contributed by atoms with Gasteiger partial charge in [0.25, 0.3) is 0 Å². The van der Waals surface area contributed by atoms with Gasteiger partial charge in [-0.25, -0.2) is 0 Å². The van der Waals surface area contributed by atoms with Crippen LogP contribution < -0.4 is 0 Å². The fourth-order valence-corrected chi connectivity index (χ4v) is 4.41. The number of rotatable bonds is 4. The maximum atomic E-state index is 4.42. The monoisotopic (exact) mass is 379 g/mol. The van der Waals surface area contributed by atoms with E-state index in [1.165, 1.54) is 27.8 Å². The van der Waals surface area contributed by atoms with E-state index in [0.29, 0.717) is 0 Å². The van der Waals surface area contributed by atoms with Crippen molar-refractivity contribution in [3.8, 4) is 5.69 Å². The number of hydrogen-bond acceptors (Lipinski definition) is 3. The molecule has 0 aliphatic heterocycles. The molecule has 3 rings (SSSR count). The zero-order valence-corrected chi connectivity index (χ0v) is 18.2. The molecule has 0 spiro atoms. The van der Waals surface area contributed by atoms with Crippen LogP contribution in [-0.4, -0.2) is 14.8 Å². The van der Waals surface area contributed by atoms with Gasteiger partial charge in [0, 0.05) is 11.4 Å². The van der Waals surface area contributed by atoms with Crippen LogP contribution in [0.2, 0.25) is 0 Å². The summed E-state index contributed by atoms with van der Waals surface area (Å²) < 4.78 is 2.14. The smallest absolute Gasteiger partial charge is 0.196 e. The number of benzene rings is 2. The summed E-state index contributed by atoms with van der Waals surface area (Å²) >= 11 is 1.75. The van der Waals surface area contributed by atoms with Crippen molar-refractivity contribution < 1.29 is 0 Å². The molecule has 0 aliphatic carbocycles. The van der Waals surface area contributed by atoms with Gasteiger partial charge in [0.1, 0.15) is 5.82 Å². The summed E-state index contributed by atoms with van der Waals surface area (Å²) in [6.07, 6.45) is 0. The summed E-state index contributed by atoms with van der Waals surface area (Å²) in [5.74, 6) is 1.81. The van der Waals surface area contributed by atoms with E-state index in [-0.39, 0.29) is 5.41 Å². The molecule has 0 fully saturated rings.